The lowest BCUT2D eigenvalue weighted by Crippen LogP contribution is -2.14. The van der Waals surface area contributed by atoms with E-state index < -0.39 is 0 Å². The van der Waals surface area contributed by atoms with Gasteiger partial charge in [-0.3, -0.25) is 0 Å². The first kappa shape index (κ1) is 11.5. The Balaban J connectivity index is 2.30. The molecule has 2 aromatic heterocycles. The van der Waals surface area contributed by atoms with E-state index >= 15 is 0 Å². The zero-order chi connectivity index (χ0) is 11.5. The summed E-state index contributed by atoms with van der Waals surface area (Å²) in [5.74, 6) is 0.578. The van der Waals surface area contributed by atoms with Gasteiger partial charge in [0.25, 0.3) is 0 Å². The Kier molecular flexibility index (Phi) is 3.52. The molecule has 0 radical (unpaired) electrons. The topological polar surface area (TPSA) is 7.65 Å². The Bertz CT molecular complexity index is 474. The molecule has 0 amide bonds. The van der Waals surface area contributed by atoms with Gasteiger partial charge in [0.2, 0.25) is 0 Å². The van der Waals surface area contributed by atoms with Crippen molar-refractivity contribution >= 4 is 17.1 Å². The summed E-state index contributed by atoms with van der Waals surface area (Å²) in [6, 6.07) is 6.44. The van der Waals surface area contributed by atoms with Gasteiger partial charge in [-0.2, -0.15) is 0 Å². The molecule has 0 fully saturated rings. The van der Waals surface area contributed by atoms with Crippen LogP contribution in [0.1, 0.15) is 11.1 Å². The molecule has 2 rings (SSSR count). The van der Waals surface area contributed by atoms with Crippen molar-refractivity contribution in [2.24, 2.45) is 0 Å². The van der Waals surface area contributed by atoms with Crippen LogP contribution in [-0.2, 0) is 12.3 Å². The van der Waals surface area contributed by atoms with E-state index in [2.05, 4.69) is 54.0 Å². The van der Waals surface area contributed by atoms with E-state index in [4.69, 9.17) is 11.6 Å². The molecule has 3 heteroatoms. The molecule has 2 heterocycles. The van der Waals surface area contributed by atoms with Crippen molar-refractivity contribution < 1.29 is 0 Å². The lowest BCUT2D eigenvalue weighted by atomic mass is 10.1. The lowest BCUT2D eigenvalue weighted by molar-refractivity contribution is 0.414. The number of alkyl halides is 1. The molecule has 0 aliphatic carbocycles. The third-order valence-electron chi connectivity index (χ3n) is 2.80. The Morgan fingerprint density at radius 1 is 1.25 bits per heavy atom. The van der Waals surface area contributed by atoms with Gasteiger partial charge in [0.15, 0.2) is 0 Å². The van der Waals surface area contributed by atoms with Gasteiger partial charge in [-0.1, -0.05) is 0 Å². The van der Waals surface area contributed by atoms with Gasteiger partial charge in [-0.25, -0.2) is 0 Å². The molecule has 0 N–H and O–H groups in total. The maximum absolute atomic E-state index is 5.86. The molecule has 16 heavy (non-hydrogen) atoms. The lowest BCUT2D eigenvalue weighted by Gasteiger charge is -2.08. The molecule has 0 saturated carbocycles. The molecule has 0 bridgehead atoms. The van der Waals surface area contributed by atoms with Crippen LogP contribution in [-0.4, -0.2) is 29.9 Å². The van der Waals surface area contributed by atoms with Gasteiger partial charge in [0, 0.05) is 30.3 Å². The number of halogens is 1. The van der Waals surface area contributed by atoms with Crippen molar-refractivity contribution in [1.82, 2.24) is 9.30 Å². The van der Waals surface area contributed by atoms with Crippen LogP contribution in [0, 0.1) is 0 Å². The Labute approximate surface area is 101 Å². The summed E-state index contributed by atoms with van der Waals surface area (Å²) in [6.45, 7) is 1.07. The van der Waals surface area contributed by atoms with Crippen LogP contribution < -0.4 is 0 Å². The number of nitrogens with zero attached hydrogens (tertiary/aromatic N) is 2. The molecule has 0 aromatic carbocycles. The zero-order valence-electron chi connectivity index (χ0n) is 9.78. The minimum Gasteiger partial charge on any atom is -0.324 e. The fraction of sp³-hybridized carbons (Fsp3) is 0.385. The summed E-state index contributed by atoms with van der Waals surface area (Å²) >= 11 is 5.86. The fourth-order valence-electron chi connectivity index (χ4n) is 1.84. The molecular weight excluding hydrogens is 220 g/mol. The van der Waals surface area contributed by atoms with Crippen LogP contribution in [0.4, 0.5) is 0 Å². The Morgan fingerprint density at radius 3 is 2.69 bits per heavy atom. The molecule has 0 spiro atoms. The second kappa shape index (κ2) is 4.89. The van der Waals surface area contributed by atoms with Gasteiger partial charge >= 0.3 is 0 Å². The number of fused-ring (bicyclic) bond motifs is 1. The van der Waals surface area contributed by atoms with Gasteiger partial charge in [-0.15, -0.1) is 11.6 Å². The van der Waals surface area contributed by atoms with Crippen LogP contribution in [0.15, 0.2) is 30.6 Å². The first-order chi connectivity index (χ1) is 7.70. The predicted molar refractivity (Wildman–Crippen MR) is 69.2 cm³/mol. The van der Waals surface area contributed by atoms with Gasteiger partial charge in [-0.05, 0) is 49.8 Å². The normalized spacial score (nSPS) is 11.5. The summed E-state index contributed by atoms with van der Waals surface area (Å²) < 4.78 is 2.15. The van der Waals surface area contributed by atoms with E-state index in [9.17, 15) is 0 Å². The number of aromatic nitrogens is 1. The summed E-state index contributed by atoms with van der Waals surface area (Å²) in [5, 5.41) is 0. The van der Waals surface area contributed by atoms with Crippen molar-refractivity contribution in [2.45, 2.75) is 12.3 Å². The molecule has 0 atom stereocenters. The first-order valence-electron chi connectivity index (χ1n) is 5.50. The quantitative estimate of drug-likeness (QED) is 0.741. The largest absolute Gasteiger partial charge is 0.324 e. The highest BCUT2D eigenvalue weighted by Gasteiger charge is 2.03. The fourth-order valence-corrected chi connectivity index (χ4v) is 2.00. The van der Waals surface area contributed by atoms with E-state index in [0.717, 1.165) is 13.0 Å². The number of pyridine rings is 1. The minimum atomic E-state index is 0.578. The average molecular weight is 237 g/mol. The van der Waals surface area contributed by atoms with E-state index in [0.29, 0.717) is 5.88 Å². The highest BCUT2D eigenvalue weighted by molar-refractivity contribution is 6.17. The standard InChI is InChI=1S/C13H17ClN2/c1-15(2)6-4-12-5-8-16-7-3-11(10-14)9-13(12)16/h3,5,7-9H,4,6,10H2,1-2H3. The van der Waals surface area contributed by atoms with Crippen molar-refractivity contribution in [1.29, 1.82) is 0 Å². The molecule has 0 aliphatic rings. The summed E-state index contributed by atoms with van der Waals surface area (Å²) in [5.41, 5.74) is 3.85. The number of likely N-dealkylation sites (N-methyl/N-ethyl adjacent to an activating group) is 1. The second-order valence-electron chi connectivity index (χ2n) is 4.36. The third-order valence-corrected chi connectivity index (χ3v) is 3.11. The minimum absolute atomic E-state index is 0.578. The third kappa shape index (κ3) is 2.39. The maximum atomic E-state index is 5.86. The van der Waals surface area contributed by atoms with Crippen LogP contribution >= 0.6 is 11.6 Å². The monoisotopic (exact) mass is 236 g/mol. The van der Waals surface area contributed by atoms with Crippen molar-refractivity contribution in [3.8, 4) is 0 Å². The van der Waals surface area contributed by atoms with Crippen molar-refractivity contribution in [2.75, 3.05) is 20.6 Å². The van der Waals surface area contributed by atoms with Crippen molar-refractivity contribution in [3.05, 3.63) is 41.7 Å². The molecule has 86 valence electrons. The average Bonchev–Trinajstić information content (AvgIpc) is 2.68. The highest BCUT2D eigenvalue weighted by atomic mass is 35.5. The van der Waals surface area contributed by atoms with Crippen molar-refractivity contribution in [3.63, 3.8) is 0 Å². The van der Waals surface area contributed by atoms with Crippen LogP contribution in [0.25, 0.3) is 5.52 Å². The van der Waals surface area contributed by atoms with Crippen LogP contribution in [0.2, 0.25) is 0 Å². The maximum Gasteiger partial charge on any atom is 0.0485 e. The van der Waals surface area contributed by atoms with Crippen LogP contribution in [0.3, 0.4) is 0 Å². The van der Waals surface area contributed by atoms with Crippen LogP contribution in [0.5, 0.6) is 0 Å². The van der Waals surface area contributed by atoms with E-state index in [1.807, 2.05) is 0 Å². The second-order valence-corrected chi connectivity index (χ2v) is 4.62. The summed E-state index contributed by atoms with van der Waals surface area (Å²) in [4.78, 5) is 2.20. The molecule has 0 aliphatic heterocycles. The Morgan fingerprint density at radius 2 is 2.00 bits per heavy atom. The molecule has 2 nitrogen and oxygen atoms in total. The predicted octanol–water partition coefficient (Wildman–Crippen LogP) is 2.78. The first-order valence-corrected chi connectivity index (χ1v) is 6.03. The number of hydrogen-bond donors (Lipinski definition) is 0. The molecule has 0 saturated heterocycles. The summed E-state index contributed by atoms with van der Waals surface area (Å²) in [6.07, 6.45) is 5.26. The smallest absolute Gasteiger partial charge is 0.0485 e. The Hall–Kier alpha value is -0.990. The zero-order valence-corrected chi connectivity index (χ0v) is 10.5. The van der Waals surface area contributed by atoms with Gasteiger partial charge < -0.3 is 9.30 Å². The summed E-state index contributed by atoms with van der Waals surface area (Å²) in [7, 11) is 4.20. The number of rotatable bonds is 4. The van der Waals surface area contributed by atoms with E-state index in [-0.39, 0.29) is 0 Å². The molecule has 2 aromatic rings. The molecular formula is C13H17ClN2. The molecule has 0 unspecified atom stereocenters. The van der Waals surface area contributed by atoms with E-state index in [1.165, 1.54) is 16.6 Å². The van der Waals surface area contributed by atoms with Gasteiger partial charge in [0.1, 0.15) is 0 Å². The van der Waals surface area contributed by atoms with E-state index in [1.54, 1.807) is 0 Å². The SMILES string of the molecule is CN(C)CCc1ccn2ccc(CCl)cc12. The number of hydrogen-bond acceptors (Lipinski definition) is 1. The van der Waals surface area contributed by atoms with Gasteiger partial charge in [0.05, 0.1) is 0 Å². The highest BCUT2D eigenvalue weighted by Crippen LogP contribution is 2.16.